The molecule has 1 aliphatic rings. The molecule has 0 amide bonds. The number of carboxylic acids is 1. The molecule has 0 aromatic heterocycles. The number of hydrogen-bond acceptors (Lipinski definition) is 6. The fourth-order valence-corrected chi connectivity index (χ4v) is 4.92. The number of benzene rings is 1. The van der Waals surface area contributed by atoms with Gasteiger partial charge < -0.3 is 5.11 Å². The lowest BCUT2D eigenvalue weighted by Gasteiger charge is -2.42. The molecule has 10 heteroatoms. The van der Waals surface area contributed by atoms with E-state index in [0.717, 1.165) is 0 Å². The van der Waals surface area contributed by atoms with Crippen LogP contribution in [0.4, 0.5) is 5.69 Å². The van der Waals surface area contributed by atoms with Crippen LogP contribution in [0.15, 0.2) is 17.0 Å². The Labute approximate surface area is 152 Å². The summed E-state index contributed by atoms with van der Waals surface area (Å²) >= 11 is 0. The maximum absolute atomic E-state index is 12.7. The first kappa shape index (κ1) is 20.3. The zero-order valence-electron chi connectivity index (χ0n) is 14.9. The number of rotatable bonds is 8. The van der Waals surface area contributed by atoms with Crippen molar-refractivity contribution in [3.8, 4) is 0 Å². The highest BCUT2D eigenvalue weighted by Crippen LogP contribution is 2.32. The summed E-state index contributed by atoms with van der Waals surface area (Å²) < 4.78 is 28.0. The molecular formula is C16H23N3O6S. The highest BCUT2D eigenvalue weighted by atomic mass is 32.2. The third kappa shape index (κ3) is 4.19. The van der Waals surface area contributed by atoms with Crippen LogP contribution in [-0.2, 0) is 14.8 Å². The predicted molar refractivity (Wildman–Crippen MR) is 94.6 cm³/mol. The number of likely N-dealkylation sites (N-methyl/N-ethyl adjacent to an activating group) is 1. The molecule has 1 aromatic rings. The van der Waals surface area contributed by atoms with E-state index in [4.69, 9.17) is 5.11 Å². The number of nitro benzene ring substituents is 1. The lowest BCUT2D eigenvalue weighted by atomic mass is 9.86. The fourth-order valence-electron chi connectivity index (χ4n) is 3.19. The molecule has 0 heterocycles. The smallest absolute Gasteiger partial charge is 0.317 e. The van der Waals surface area contributed by atoms with Crippen LogP contribution in [0.1, 0.15) is 30.9 Å². The summed E-state index contributed by atoms with van der Waals surface area (Å²) in [5.41, 5.74) is 0.558. The third-order valence-corrected chi connectivity index (χ3v) is 6.51. The summed E-state index contributed by atoms with van der Waals surface area (Å²) in [5.74, 6) is -0.929. The molecule has 144 valence electrons. The van der Waals surface area contributed by atoms with E-state index in [2.05, 4.69) is 4.72 Å². The summed E-state index contributed by atoms with van der Waals surface area (Å²) in [7, 11) is -4.05. The molecule has 1 aliphatic carbocycles. The van der Waals surface area contributed by atoms with E-state index in [1.54, 1.807) is 18.7 Å². The van der Waals surface area contributed by atoms with Crippen LogP contribution >= 0.6 is 0 Å². The second-order valence-corrected chi connectivity index (χ2v) is 8.16. The van der Waals surface area contributed by atoms with Crippen LogP contribution in [-0.4, -0.2) is 54.5 Å². The molecule has 2 N–H and O–H groups in total. The monoisotopic (exact) mass is 385 g/mol. The minimum atomic E-state index is -4.05. The molecule has 0 aliphatic heterocycles. The number of sulfonamides is 1. The number of carboxylic acid groups (broad SMARTS) is 1. The van der Waals surface area contributed by atoms with E-state index >= 15 is 0 Å². The molecule has 0 spiro atoms. The van der Waals surface area contributed by atoms with Crippen LogP contribution in [0.25, 0.3) is 0 Å². The summed E-state index contributed by atoms with van der Waals surface area (Å²) in [6, 6.07) is 2.34. The first-order chi connectivity index (χ1) is 12.1. The largest absolute Gasteiger partial charge is 0.480 e. The number of nitro groups is 1. The summed E-state index contributed by atoms with van der Waals surface area (Å²) in [6.45, 7) is 5.55. The van der Waals surface area contributed by atoms with Gasteiger partial charge in [0.05, 0.1) is 11.5 Å². The maximum Gasteiger partial charge on any atom is 0.317 e. The molecule has 0 radical (unpaired) electrons. The Morgan fingerprint density at radius 3 is 2.50 bits per heavy atom. The zero-order valence-corrected chi connectivity index (χ0v) is 15.7. The van der Waals surface area contributed by atoms with E-state index in [9.17, 15) is 23.3 Å². The van der Waals surface area contributed by atoms with Crippen LogP contribution in [0.3, 0.4) is 0 Å². The third-order valence-electron chi connectivity index (χ3n) is 4.82. The molecule has 1 saturated carbocycles. The van der Waals surface area contributed by atoms with Crippen molar-refractivity contribution in [3.63, 3.8) is 0 Å². The van der Waals surface area contributed by atoms with Gasteiger partial charge in [-0.15, -0.1) is 0 Å². The van der Waals surface area contributed by atoms with Crippen molar-refractivity contribution >= 4 is 21.7 Å². The number of aryl methyl sites for hydroxylation is 1. The van der Waals surface area contributed by atoms with Crippen LogP contribution < -0.4 is 4.72 Å². The standard InChI is InChI=1S/C16H23N3O6S/c1-4-18(9-15(20)21)13-7-12(8-13)17-26(24,25)16-11(3)10(2)5-6-14(16)19(22)23/h5-6,12-13,17H,4,7-9H2,1-3H3,(H,20,21). The average molecular weight is 385 g/mol. The van der Waals surface area contributed by atoms with Crippen molar-refractivity contribution in [2.45, 2.75) is 50.6 Å². The number of aliphatic carboxylic acids is 1. The van der Waals surface area contributed by atoms with Gasteiger partial charge in [-0.05, 0) is 44.4 Å². The Morgan fingerprint density at radius 1 is 1.38 bits per heavy atom. The van der Waals surface area contributed by atoms with Crippen molar-refractivity contribution < 1.29 is 23.2 Å². The van der Waals surface area contributed by atoms with E-state index < -0.39 is 26.6 Å². The zero-order chi connectivity index (χ0) is 19.6. The topological polar surface area (TPSA) is 130 Å². The van der Waals surface area contributed by atoms with Crippen molar-refractivity contribution in [2.24, 2.45) is 0 Å². The van der Waals surface area contributed by atoms with Gasteiger partial charge in [-0.3, -0.25) is 19.8 Å². The van der Waals surface area contributed by atoms with Crippen molar-refractivity contribution in [1.82, 2.24) is 9.62 Å². The van der Waals surface area contributed by atoms with Crippen LogP contribution in [0.2, 0.25) is 0 Å². The first-order valence-corrected chi connectivity index (χ1v) is 9.77. The number of nitrogens with zero attached hydrogens (tertiary/aromatic N) is 2. The highest BCUT2D eigenvalue weighted by Gasteiger charge is 2.38. The Kier molecular flexibility index (Phi) is 5.99. The van der Waals surface area contributed by atoms with Gasteiger partial charge >= 0.3 is 5.97 Å². The van der Waals surface area contributed by atoms with Crippen molar-refractivity contribution in [1.29, 1.82) is 0 Å². The quantitative estimate of drug-likeness (QED) is 0.511. The number of nitrogens with one attached hydrogen (secondary N) is 1. The van der Waals surface area contributed by atoms with Gasteiger partial charge in [-0.2, -0.15) is 0 Å². The summed E-state index contributed by atoms with van der Waals surface area (Å²) in [4.78, 5) is 22.9. The van der Waals surface area contributed by atoms with Crippen LogP contribution in [0, 0.1) is 24.0 Å². The van der Waals surface area contributed by atoms with E-state index in [-0.39, 0.29) is 23.5 Å². The highest BCUT2D eigenvalue weighted by molar-refractivity contribution is 7.89. The molecular weight excluding hydrogens is 362 g/mol. The Morgan fingerprint density at radius 2 is 2.00 bits per heavy atom. The second-order valence-electron chi connectivity index (χ2n) is 6.51. The van der Waals surface area contributed by atoms with Gasteiger partial charge in [-0.1, -0.05) is 13.0 Å². The fraction of sp³-hybridized carbons (Fsp3) is 0.562. The normalized spacial score (nSPS) is 20.0. The van der Waals surface area contributed by atoms with Gasteiger partial charge in [0, 0.05) is 18.2 Å². The van der Waals surface area contributed by atoms with Gasteiger partial charge in [0.1, 0.15) is 0 Å². The lowest BCUT2D eigenvalue weighted by molar-refractivity contribution is -0.387. The predicted octanol–water partition coefficient (Wildman–Crippen LogP) is 1.43. The molecule has 1 aromatic carbocycles. The van der Waals surface area contributed by atoms with Crippen LogP contribution in [0.5, 0.6) is 0 Å². The first-order valence-electron chi connectivity index (χ1n) is 8.29. The molecule has 0 atom stereocenters. The molecule has 1 fully saturated rings. The van der Waals surface area contributed by atoms with Crippen molar-refractivity contribution in [2.75, 3.05) is 13.1 Å². The molecule has 26 heavy (non-hydrogen) atoms. The van der Waals surface area contributed by atoms with Crippen molar-refractivity contribution in [3.05, 3.63) is 33.4 Å². The second kappa shape index (κ2) is 7.68. The van der Waals surface area contributed by atoms with Gasteiger partial charge in [0.25, 0.3) is 5.69 Å². The average Bonchev–Trinajstić information content (AvgIpc) is 2.50. The van der Waals surface area contributed by atoms with Gasteiger partial charge in [0.2, 0.25) is 10.0 Å². The van der Waals surface area contributed by atoms with E-state index in [1.165, 1.54) is 12.1 Å². The SMILES string of the molecule is CCN(CC(=O)O)C1CC(NS(=O)(=O)c2c([N+](=O)[O-])ccc(C)c2C)C1. The minimum absolute atomic E-state index is 0.0163. The molecule has 0 bridgehead atoms. The van der Waals surface area contributed by atoms with Gasteiger partial charge in [-0.25, -0.2) is 13.1 Å². The minimum Gasteiger partial charge on any atom is -0.480 e. The Hall–Kier alpha value is -2.04. The Balaban J connectivity index is 2.16. The molecule has 0 saturated heterocycles. The summed E-state index contributed by atoms with van der Waals surface area (Å²) in [6.07, 6.45) is 0.942. The summed E-state index contributed by atoms with van der Waals surface area (Å²) in [5, 5.41) is 20.1. The number of hydrogen-bond donors (Lipinski definition) is 2. The van der Waals surface area contributed by atoms with Gasteiger partial charge in [0.15, 0.2) is 4.90 Å². The molecule has 0 unspecified atom stereocenters. The molecule has 9 nitrogen and oxygen atoms in total. The maximum atomic E-state index is 12.7. The van der Waals surface area contributed by atoms with E-state index in [0.29, 0.717) is 30.5 Å². The lowest BCUT2D eigenvalue weighted by Crippen LogP contribution is -2.54. The Bertz CT molecular complexity index is 818. The van der Waals surface area contributed by atoms with E-state index in [1.807, 2.05) is 6.92 Å². The molecule has 2 rings (SSSR count). The number of carbonyl (C=O) groups is 1.